The van der Waals surface area contributed by atoms with Gasteiger partial charge in [-0.25, -0.2) is 9.37 Å². The SMILES string of the molecule is CCn1c(C2CCC(CN)CC2)nc2c(F)cccc21. The molecule has 3 nitrogen and oxygen atoms in total. The number of aromatic nitrogens is 2. The van der Waals surface area contributed by atoms with Crippen LogP contribution in [0.25, 0.3) is 11.0 Å². The molecule has 3 rings (SSSR count). The number of hydrogen-bond donors (Lipinski definition) is 1. The summed E-state index contributed by atoms with van der Waals surface area (Å²) in [6, 6.07) is 5.22. The summed E-state index contributed by atoms with van der Waals surface area (Å²) in [5.41, 5.74) is 7.19. The van der Waals surface area contributed by atoms with E-state index in [9.17, 15) is 4.39 Å². The Bertz CT molecular complexity index is 597. The predicted molar refractivity (Wildman–Crippen MR) is 79.1 cm³/mol. The second-order valence-corrected chi connectivity index (χ2v) is 5.78. The van der Waals surface area contributed by atoms with E-state index in [0.717, 1.165) is 50.1 Å². The average molecular weight is 275 g/mol. The Kier molecular flexibility index (Phi) is 3.74. The van der Waals surface area contributed by atoms with Crippen molar-refractivity contribution in [2.24, 2.45) is 11.7 Å². The molecule has 0 aliphatic heterocycles. The molecule has 1 aliphatic rings. The normalized spacial score (nSPS) is 23.4. The van der Waals surface area contributed by atoms with Gasteiger partial charge in [0.05, 0.1) is 5.52 Å². The van der Waals surface area contributed by atoms with E-state index in [1.807, 2.05) is 6.07 Å². The van der Waals surface area contributed by atoms with Crippen molar-refractivity contribution in [2.45, 2.75) is 45.1 Å². The number of para-hydroxylation sites is 1. The van der Waals surface area contributed by atoms with E-state index >= 15 is 0 Å². The molecule has 1 saturated carbocycles. The highest BCUT2D eigenvalue weighted by Gasteiger charge is 2.26. The molecule has 4 heteroatoms. The number of fused-ring (bicyclic) bond motifs is 1. The van der Waals surface area contributed by atoms with Crippen LogP contribution in [-0.4, -0.2) is 16.1 Å². The lowest BCUT2D eigenvalue weighted by molar-refractivity contribution is 0.321. The monoisotopic (exact) mass is 275 g/mol. The highest BCUT2D eigenvalue weighted by Crippen LogP contribution is 2.36. The van der Waals surface area contributed by atoms with Crippen LogP contribution in [0.2, 0.25) is 0 Å². The number of hydrogen-bond acceptors (Lipinski definition) is 2. The molecule has 0 amide bonds. The highest BCUT2D eigenvalue weighted by atomic mass is 19.1. The van der Waals surface area contributed by atoms with Gasteiger partial charge in [0.15, 0.2) is 5.82 Å². The number of imidazole rings is 1. The fraction of sp³-hybridized carbons (Fsp3) is 0.562. The van der Waals surface area contributed by atoms with Gasteiger partial charge < -0.3 is 10.3 Å². The summed E-state index contributed by atoms with van der Waals surface area (Å²) >= 11 is 0. The molecular weight excluding hydrogens is 253 g/mol. The van der Waals surface area contributed by atoms with Gasteiger partial charge in [-0.1, -0.05) is 6.07 Å². The van der Waals surface area contributed by atoms with Crippen molar-refractivity contribution in [3.05, 3.63) is 29.8 Å². The molecule has 0 atom stereocenters. The summed E-state index contributed by atoms with van der Waals surface area (Å²) in [5, 5.41) is 0. The van der Waals surface area contributed by atoms with Gasteiger partial charge in [0.1, 0.15) is 11.3 Å². The Hall–Kier alpha value is -1.42. The molecule has 0 unspecified atom stereocenters. The van der Waals surface area contributed by atoms with Crippen molar-refractivity contribution in [3.63, 3.8) is 0 Å². The van der Waals surface area contributed by atoms with Crippen molar-refractivity contribution < 1.29 is 4.39 Å². The van der Waals surface area contributed by atoms with E-state index in [1.54, 1.807) is 6.07 Å². The molecule has 1 fully saturated rings. The maximum atomic E-state index is 13.9. The maximum Gasteiger partial charge on any atom is 0.151 e. The van der Waals surface area contributed by atoms with Crippen molar-refractivity contribution in [1.82, 2.24) is 9.55 Å². The van der Waals surface area contributed by atoms with Crippen LogP contribution >= 0.6 is 0 Å². The van der Waals surface area contributed by atoms with Crippen molar-refractivity contribution in [3.8, 4) is 0 Å². The first-order valence-corrected chi connectivity index (χ1v) is 7.59. The number of benzene rings is 1. The van der Waals surface area contributed by atoms with E-state index in [1.165, 1.54) is 6.07 Å². The molecule has 0 bridgehead atoms. The minimum absolute atomic E-state index is 0.216. The van der Waals surface area contributed by atoms with Crippen LogP contribution in [0, 0.1) is 11.7 Å². The Labute approximate surface area is 119 Å². The van der Waals surface area contributed by atoms with Gasteiger partial charge in [-0.3, -0.25) is 0 Å². The predicted octanol–water partition coefficient (Wildman–Crippen LogP) is 3.43. The van der Waals surface area contributed by atoms with Crippen molar-refractivity contribution in [1.29, 1.82) is 0 Å². The number of nitrogens with zero attached hydrogens (tertiary/aromatic N) is 2. The molecule has 2 aromatic rings. The summed E-state index contributed by atoms with van der Waals surface area (Å²) in [7, 11) is 0. The molecule has 1 heterocycles. The van der Waals surface area contributed by atoms with Crippen LogP contribution in [0.15, 0.2) is 18.2 Å². The molecule has 108 valence electrons. The maximum absolute atomic E-state index is 13.9. The van der Waals surface area contributed by atoms with E-state index < -0.39 is 0 Å². The summed E-state index contributed by atoms with van der Waals surface area (Å²) in [6.07, 6.45) is 4.56. The Morgan fingerprint density at radius 3 is 2.70 bits per heavy atom. The molecule has 20 heavy (non-hydrogen) atoms. The van der Waals surface area contributed by atoms with E-state index in [-0.39, 0.29) is 5.82 Å². The van der Waals surface area contributed by atoms with Gasteiger partial charge in [0, 0.05) is 12.5 Å². The van der Waals surface area contributed by atoms with Gasteiger partial charge >= 0.3 is 0 Å². The third-order valence-electron chi connectivity index (χ3n) is 4.62. The van der Waals surface area contributed by atoms with Gasteiger partial charge in [-0.15, -0.1) is 0 Å². The molecule has 0 saturated heterocycles. The van der Waals surface area contributed by atoms with Crippen molar-refractivity contribution in [2.75, 3.05) is 6.54 Å². The topological polar surface area (TPSA) is 43.8 Å². The Balaban J connectivity index is 1.97. The first-order chi connectivity index (χ1) is 9.74. The van der Waals surface area contributed by atoms with Crippen molar-refractivity contribution >= 4 is 11.0 Å². The molecule has 1 aromatic heterocycles. The average Bonchev–Trinajstić information content (AvgIpc) is 2.87. The third kappa shape index (κ3) is 2.22. The second kappa shape index (κ2) is 5.52. The molecule has 2 N–H and O–H groups in total. The van der Waals surface area contributed by atoms with E-state index in [2.05, 4.69) is 16.5 Å². The first-order valence-electron chi connectivity index (χ1n) is 7.59. The van der Waals surface area contributed by atoms with Gasteiger partial charge in [-0.05, 0) is 57.2 Å². The highest BCUT2D eigenvalue weighted by molar-refractivity contribution is 5.76. The molecule has 1 aliphatic carbocycles. The third-order valence-corrected chi connectivity index (χ3v) is 4.62. The molecule has 1 aromatic carbocycles. The zero-order chi connectivity index (χ0) is 14.1. The largest absolute Gasteiger partial charge is 0.330 e. The van der Waals surface area contributed by atoms with E-state index in [4.69, 9.17) is 5.73 Å². The summed E-state index contributed by atoms with van der Waals surface area (Å²) in [5.74, 6) is 1.95. The summed E-state index contributed by atoms with van der Waals surface area (Å²) in [6.45, 7) is 3.72. The van der Waals surface area contributed by atoms with Crippen LogP contribution in [-0.2, 0) is 6.54 Å². The van der Waals surface area contributed by atoms with Crippen LogP contribution in [0.1, 0.15) is 44.3 Å². The lowest BCUT2D eigenvalue weighted by atomic mass is 9.81. The molecular formula is C16H22FN3. The minimum atomic E-state index is -0.216. The van der Waals surface area contributed by atoms with Gasteiger partial charge in [0.2, 0.25) is 0 Å². The van der Waals surface area contributed by atoms with Crippen LogP contribution in [0.5, 0.6) is 0 Å². The van der Waals surface area contributed by atoms with Gasteiger partial charge in [0.25, 0.3) is 0 Å². The first kappa shape index (κ1) is 13.6. The number of aryl methyl sites for hydroxylation is 1. The number of nitrogens with two attached hydrogens (primary N) is 1. The Morgan fingerprint density at radius 2 is 2.05 bits per heavy atom. The minimum Gasteiger partial charge on any atom is -0.330 e. The van der Waals surface area contributed by atoms with Crippen LogP contribution < -0.4 is 5.73 Å². The molecule has 0 radical (unpaired) electrons. The lowest BCUT2D eigenvalue weighted by Gasteiger charge is -2.27. The fourth-order valence-corrected chi connectivity index (χ4v) is 3.43. The summed E-state index contributed by atoms with van der Waals surface area (Å²) < 4.78 is 16.1. The number of halogens is 1. The molecule has 0 spiro atoms. The summed E-state index contributed by atoms with van der Waals surface area (Å²) in [4.78, 5) is 4.61. The zero-order valence-electron chi connectivity index (χ0n) is 12.0. The fourth-order valence-electron chi connectivity index (χ4n) is 3.43. The van der Waals surface area contributed by atoms with Crippen LogP contribution in [0.4, 0.5) is 4.39 Å². The van der Waals surface area contributed by atoms with Gasteiger partial charge in [-0.2, -0.15) is 0 Å². The standard InChI is InChI=1S/C16H22FN3/c1-2-20-14-5-3-4-13(17)15(14)19-16(20)12-8-6-11(10-18)7-9-12/h3-5,11-12H,2,6-10,18H2,1H3. The lowest BCUT2D eigenvalue weighted by Crippen LogP contribution is -2.22. The zero-order valence-corrected chi connectivity index (χ0v) is 12.0. The number of rotatable bonds is 3. The van der Waals surface area contributed by atoms with Crippen LogP contribution in [0.3, 0.4) is 0 Å². The second-order valence-electron chi connectivity index (χ2n) is 5.78. The van der Waals surface area contributed by atoms with E-state index in [0.29, 0.717) is 17.4 Å². The Morgan fingerprint density at radius 1 is 1.30 bits per heavy atom. The smallest absolute Gasteiger partial charge is 0.151 e. The quantitative estimate of drug-likeness (QED) is 0.932.